The van der Waals surface area contributed by atoms with Gasteiger partial charge in [0.1, 0.15) is 0 Å². The Labute approximate surface area is 126 Å². The molecule has 1 amide bonds. The van der Waals surface area contributed by atoms with Crippen LogP contribution in [-0.2, 0) is 4.79 Å². The highest BCUT2D eigenvalue weighted by molar-refractivity contribution is 5.88. The first-order valence-corrected chi connectivity index (χ1v) is 7.17. The third kappa shape index (κ3) is 4.09. The number of amides is 1. The Kier molecular flexibility index (Phi) is 4.63. The lowest BCUT2D eigenvalue weighted by Gasteiger charge is -2.18. The van der Waals surface area contributed by atoms with Crippen molar-refractivity contribution in [2.75, 3.05) is 10.6 Å². The van der Waals surface area contributed by atoms with Crippen LogP contribution in [0, 0.1) is 13.8 Å². The minimum absolute atomic E-state index is 0.0534. The van der Waals surface area contributed by atoms with E-state index >= 15 is 0 Å². The lowest BCUT2D eigenvalue weighted by molar-refractivity contribution is -0.114. The molecule has 0 aliphatic carbocycles. The lowest BCUT2D eigenvalue weighted by Crippen LogP contribution is -2.10. The van der Waals surface area contributed by atoms with Crippen LogP contribution >= 0.6 is 0 Å². The molecule has 0 aromatic heterocycles. The molecule has 0 fully saturated rings. The molecule has 0 spiro atoms. The van der Waals surface area contributed by atoms with Crippen LogP contribution in [0.2, 0.25) is 0 Å². The summed E-state index contributed by atoms with van der Waals surface area (Å²) in [6, 6.07) is 14.5. The molecule has 21 heavy (non-hydrogen) atoms. The third-order valence-electron chi connectivity index (χ3n) is 3.47. The van der Waals surface area contributed by atoms with Gasteiger partial charge in [-0.05, 0) is 55.7 Å². The van der Waals surface area contributed by atoms with E-state index in [0.717, 1.165) is 16.9 Å². The van der Waals surface area contributed by atoms with Crippen molar-refractivity contribution in [1.82, 2.24) is 0 Å². The van der Waals surface area contributed by atoms with E-state index in [1.54, 1.807) is 0 Å². The number of benzene rings is 2. The first-order chi connectivity index (χ1) is 9.95. The van der Waals surface area contributed by atoms with Crippen LogP contribution in [0.15, 0.2) is 42.5 Å². The largest absolute Gasteiger partial charge is 0.378 e. The summed E-state index contributed by atoms with van der Waals surface area (Å²) >= 11 is 0. The summed E-state index contributed by atoms with van der Waals surface area (Å²) in [6.45, 7) is 7.83. The topological polar surface area (TPSA) is 41.1 Å². The van der Waals surface area contributed by atoms with Crippen LogP contribution < -0.4 is 10.6 Å². The molecule has 0 saturated heterocycles. The Morgan fingerprint density at radius 1 is 1.10 bits per heavy atom. The first-order valence-electron chi connectivity index (χ1n) is 7.17. The Bertz CT molecular complexity index is 649. The predicted octanol–water partition coefficient (Wildman–Crippen LogP) is 4.43. The van der Waals surface area contributed by atoms with Crippen molar-refractivity contribution in [3.63, 3.8) is 0 Å². The van der Waals surface area contributed by atoms with Gasteiger partial charge in [-0.3, -0.25) is 4.79 Å². The number of rotatable bonds is 4. The van der Waals surface area contributed by atoms with Crippen molar-refractivity contribution < 1.29 is 4.79 Å². The molecule has 3 heteroatoms. The van der Waals surface area contributed by atoms with E-state index in [0.29, 0.717) is 0 Å². The zero-order valence-electron chi connectivity index (χ0n) is 13.0. The van der Waals surface area contributed by atoms with E-state index in [9.17, 15) is 4.79 Å². The molecule has 2 rings (SSSR count). The fourth-order valence-corrected chi connectivity index (χ4v) is 2.30. The van der Waals surface area contributed by atoms with Gasteiger partial charge in [0.05, 0.1) is 0 Å². The number of nitrogens with one attached hydrogen (secondary N) is 2. The summed E-state index contributed by atoms with van der Waals surface area (Å²) in [4.78, 5) is 11.1. The SMILES string of the molecule is CC(=O)Nc1cccc(C(C)Nc2cc(C)ccc2C)c1. The van der Waals surface area contributed by atoms with Gasteiger partial charge in [0.15, 0.2) is 0 Å². The van der Waals surface area contributed by atoms with Crippen LogP contribution in [0.3, 0.4) is 0 Å². The van der Waals surface area contributed by atoms with E-state index in [1.165, 1.54) is 18.1 Å². The smallest absolute Gasteiger partial charge is 0.221 e. The van der Waals surface area contributed by atoms with Crippen molar-refractivity contribution in [3.05, 3.63) is 59.2 Å². The monoisotopic (exact) mass is 282 g/mol. The van der Waals surface area contributed by atoms with E-state index in [2.05, 4.69) is 55.7 Å². The molecule has 0 aliphatic heterocycles. The average Bonchev–Trinajstić information content (AvgIpc) is 2.42. The highest BCUT2D eigenvalue weighted by atomic mass is 16.1. The Hall–Kier alpha value is -2.29. The first kappa shape index (κ1) is 15.1. The number of carbonyl (C=O) groups excluding carboxylic acids is 1. The van der Waals surface area contributed by atoms with Crippen LogP contribution in [-0.4, -0.2) is 5.91 Å². The third-order valence-corrected chi connectivity index (χ3v) is 3.47. The molecule has 3 nitrogen and oxygen atoms in total. The van der Waals surface area contributed by atoms with Gasteiger partial charge in [0.25, 0.3) is 0 Å². The number of aryl methyl sites for hydroxylation is 2. The fraction of sp³-hybridized carbons (Fsp3) is 0.278. The maximum atomic E-state index is 11.1. The summed E-state index contributed by atoms with van der Waals surface area (Å²) in [7, 11) is 0. The standard InChI is InChI=1S/C18H22N2O/c1-12-8-9-13(2)18(10-12)19-14(3)16-6-5-7-17(11-16)20-15(4)21/h5-11,14,19H,1-4H3,(H,20,21). The van der Waals surface area contributed by atoms with Crippen molar-refractivity contribution in [3.8, 4) is 0 Å². The highest BCUT2D eigenvalue weighted by Gasteiger charge is 2.08. The highest BCUT2D eigenvalue weighted by Crippen LogP contribution is 2.24. The summed E-state index contributed by atoms with van der Waals surface area (Å²) in [5.41, 5.74) is 5.58. The van der Waals surface area contributed by atoms with Crippen molar-refractivity contribution in [2.45, 2.75) is 33.7 Å². The second-order valence-electron chi connectivity index (χ2n) is 5.49. The minimum atomic E-state index is -0.0534. The number of carbonyl (C=O) groups is 1. The van der Waals surface area contributed by atoms with E-state index in [1.807, 2.05) is 18.2 Å². The van der Waals surface area contributed by atoms with Gasteiger partial charge in [-0.2, -0.15) is 0 Å². The van der Waals surface area contributed by atoms with Crippen LogP contribution in [0.5, 0.6) is 0 Å². The molecule has 0 heterocycles. The van der Waals surface area contributed by atoms with Gasteiger partial charge in [-0.1, -0.05) is 24.3 Å². The molecule has 1 unspecified atom stereocenters. The van der Waals surface area contributed by atoms with E-state index < -0.39 is 0 Å². The molecular formula is C18H22N2O. The predicted molar refractivity (Wildman–Crippen MR) is 88.7 cm³/mol. The van der Waals surface area contributed by atoms with Gasteiger partial charge < -0.3 is 10.6 Å². The average molecular weight is 282 g/mol. The molecule has 0 bridgehead atoms. The maximum absolute atomic E-state index is 11.1. The molecular weight excluding hydrogens is 260 g/mol. The van der Waals surface area contributed by atoms with E-state index in [4.69, 9.17) is 0 Å². The zero-order valence-corrected chi connectivity index (χ0v) is 13.0. The molecule has 0 aliphatic rings. The van der Waals surface area contributed by atoms with Crippen LogP contribution in [0.25, 0.3) is 0 Å². The number of hydrogen-bond acceptors (Lipinski definition) is 2. The molecule has 2 aromatic rings. The van der Waals surface area contributed by atoms with Crippen LogP contribution in [0.4, 0.5) is 11.4 Å². The molecule has 0 radical (unpaired) electrons. The summed E-state index contributed by atoms with van der Waals surface area (Å²) in [5.74, 6) is -0.0534. The molecule has 2 aromatic carbocycles. The summed E-state index contributed by atoms with van der Waals surface area (Å²) < 4.78 is 0. The summed E-state index contributed by atoms with van der Waals surface area (Å²) in [5, 5.41) is 6.35. The van der Waals surface area contributed by atoms with Gasteiger partial charge in [0.2, 0.25) is 5.91 Å². The quantitative estimate of drug-likeness (QED) is 0.870. The number of anilines is 2. The van der Waals surface area contributed by atoms with Crippen molar-refractivity contribution in [2.24, 2.45) is 0 Å². The lowest BCUT2D eigenvalue weighted by atomic mass is 10.1. The second-order valence-corrected chi connectivity index (χ2v) is 5.49. The summed E-state index contributed by atoms with van der Waals surface area (Å²) in [6.07, 6.45) is 0. The Morgan fingerprint density at radius 2 is 1.86 bits per heavy atom. The van der Waals surface area contributed by atoms with Crippen LogP contribution in [0.1, 0.15) is 36.6 Å². The minimum Gasteiger partial charge on any atom is -0.378 e. The normalized spacial score (nSPS) is 11.8. The molecule has 2 N–H and O–H groups in total. The van der Waals surface area contributed by atoms with Gasteiger partial charge in [-0.25, -0.2) is 0 Å². The van der Waals surface area contributed by atoms with Gasteiger partial charge in [0, 0.05) is 24.3 Å². The van der Waals surface area contributed by atoms with Gasteiger partial charge in [-0.15, -0.1) is 0 Å². The van der Waals surface area contributed by atoms with Crippen molar-refractivity contribution in [1.29, 1.82) is 0 Å². The van der Waals surface area contributed by atoms with E-state index in [-0.39, 0.29) is 11.9 Å². The Morgan fingerprint density at radius 3 is 2.57 bits per heavy atom. The fourth-order valence-electron chi connectivity index (χ4n) is 2.30. The molecule has 110 valence electrons. The molecule has 1 atom stereocenters. The second kappa shape index (κ2) is 6.44. The Balaban J connectivity index is 2.18. The van der Waals surface area contributed by atoms with Crippen molar-refractivity contribution >= 4 is 17.3 Å². The van der Waals surface area contributed by atoms with Gasteiger partial charge >= 0.3 is 0 Å². The zero-order chi connectivity index (χ0) is 15.4. The molecule has 0 saturated carbocycles. The number of hydrogen-bond donors (Lipinski definition) is 2. The maximum Gasteiger partial charge on any atom is 0.221 e.